The van der Waals surface area contributed by atoms with E-state index in [4.69, 9.17) is 69.5 Å². The van der Waals surface area contributed by atoms with Gasteiger partial charge in [-0.2, -0.15) is 13.5 Å². The average molecular weight is 2010 g/mol. The molecule has 0 aliphatic heterocycles. The summed E-state index contributed by atoms with van der Waals surface area (Å²) in [5, 5.41) is 0. The molecule has 121 heavy (non-hydrogen) atoms. The maximum absolute atomic E-state index is 11.2. The van der Waals surface area contributed by atoms with Crippen LogP contribution in [0.2, 0.25) is 0 Å². The third-order valence-electron chi connectivity index (χ3n) is 22.2. The van der Waals surface area contributed by atoms with E-state index in [1.807, 2.05) is 24.3 Å². The van der Waals surface area contributed by atoms with E-state index in [0.717, 1.165) is 25.7 Å². The summed E-state index contributed by atoms with van der Waals surface area (Å²) in [6.45, 7) is 10.5. The number of allylic oxidation sites excluding steroid dienone is 4. The maximum Gasteiger partial charge on any atom is 2.00 e. The van der Waals surface area contributed by atoms with Crippen molar-refractivity contribution in [1.29, 1.82) is 0 Å². The van der Waals surface area contributed by atoms with Gasteiger partial charge >= 0.3 is 71.7 Å². The summed E-state index contributed by atoms with van der Waals surface area (Å²) in [7, 11) is 0. The standard InChI is InChI=1S/4C26H50O2S.2CH4.H2S.2Sn/c4*1-2-3-4-5-6-7-8-9-10-11-12-13-14-15-16-17-18-19-20-21-22-23-26(27)28-24-25-29;;;;;/h4*22-23,29H,2-21,24-25H2,1H3;2*1H4;1H2;;/q;;;;;;;2*+2/p-4/b4*23-22+;;;;;. The fourth-order valence-corrected chi connectivity index (χ4v) is 15.2. The van der Waals surface area contributed by atoms with Gasteiger partial charge in [-0.3, -0.25) is 0 Å². The van der Waals surface area contributed by atoms with Crippen LogP contribution in [0.1, 0.15) is 556 Å². The number of hydrogen-bond acceptors (Lipinski definition) is 12. The fourth-order valence-electron chi connectivity index (χ4n) is 14.8. The zero-order valence-electron chi connectivity index (χ0n) is 79.2. The van der Waals surface area contributed by atoms with Gasteiger partial charge in [-0.1, -0.05) is 529 Å². The molecule has 0 saturated heterocycles. The molecule has 0 bridgehead atoms. The van der Waals surface area contributed by atoms with Crippen LogP contribution >= 0.6 is 13.5 Å². The molecule has 0 rings (SSSR count). The quantitative estimate of drug-likeness (QED) is 0.0145. The molecule has 716 valence electrons. The third-order valence-corrected chi connectivity index (χ3v) is 22.9. The second-order valence-corrected chi connectivity index (χ2v) is 35.3. The van der Waals surface area contributed by atoms with Crippen molar-refractivity contribution in [3.8, 4) is 0 Å². The Bertz CT molecular complexity index is 1710. The van der Waals surface area contributed by atoms with Crippen LogP contribution in [-0.2, 0) is 88.6 Å². The maximum atomic E-state index is 11.2. The predicted molar refractivity (Wildman–Crippen MR) is 557 cm³/mol. The van der Waals surface area contributed by atoms with Crippen molar-refractivity contribution < 1.29 is 38.1 Å². The number of carbonyl (C=O) groups excluding carboxylic acids is 4. The van der Waals surface area contributed by atoms with Gasteiger partial charge in [0.1, 0.15) is 0 Å². The SMILES string of the molecule is C.C.CCCCCCCCCCCCCCCCCCCCC/C=C/C(=O)OCC[S-].CCCCCCCCCCCCCCCCCCCCC/C=C/C(=O)OCC[S-].CCCCCCCCCCCCCCCCCCCCC/C=C/C(=O)OCC[S-].CCCCCCCCCCCCCCCCCCCCC/C=C/C(=O)OCC[S-].S.[Sn+2].[Sn+2]. The fraction of sp³-hybridized carbons (Fsp3) is 0.887. The van der Waals surface area contributed by atoms with Crippen molar-refractivity contribution in [2.24, 2.45) is 0 Å². The van der Waals surface area contributed by atoms with E-state index in [-0.39, 0.29) is 100 Å². The van der Waals surface area contributed by atoms with Gasteiger partial charge in [0.15, 0.2) is 0 Å². The molecule has 0 heterocycles. The molecule has 0 N–H and O–H groups in total. The van der Waals surface area contributed by atoms with Gasteiger partial charge in [0, 0.05) is 24.3 Å². The van der Waals surface area contributed by atoms with Gasteiger partial charge < -0.3 is 69.5 Å². The Morgan fingerprint density at radius 1 is 0.182 bits per heavy atom. The van der Waals surface area contributed by atoms with Crippen LogP contribution in [0.4, 0.5) is 0 Å². The van der Waals surface area contributed by atoms with Crippen molar-refractivity contribution in [3.63, 3.8) is 0 Å². The van der Waals surface area contributed by atoms with E-state index in [9.17, 15) is 19.2 Å². The smallest absolute Gasteiger partial charge is 0.789 e. The number of esters is 4. The Balaban J connectivity index is -0.000000195. The van der Waals surface area contributed by atoms with E-state index < -0.39 is 0 Å². The van der Waals surface area contributed by atoms with E-state index in [0.29, 0.717) is 49.4 Å². The molecule has 15 heteroatoms. The van der Waals surface area contributed by atoms with Crippen molar-refractivity contribution in [3.05, 3.63) is 48.6 Å². The molecular formula is C106H206O8S5Sn2. The molecule has 0 aromatic carbocycles. The first-order valence-electron chi connectivity index (χ1n) is 50.9. The van der Waals surface area contributed by atoms with Crippen LogP contribution in [0.3, 0.4) is 0 Å². The molecule has 8 nitrogen and oxygen atoms in total. The predicted octanol–water partition coefficient (Wildman–Crippen LogP) is 34.4. The van der Waals surface area contributed by atoms with E-state index in [1.165, 1.54) is 488 Å². The van der Waals surface area contributed by atoms with Crippen LogP contribution in [-0.4, -0.2) is 121 Å². The Hall–Kier alpha value is 0.187. The molecule has 0 fully saturated rings. The summed E-state index contributed by atoms with van der Waals surface area (Å²) in [5.74, 6) is 0.857. The minimum Gasteiger partial charge on any atom is -0.789 e. The van der Waals surface area contributed by atoms with Crippen LogP contribution in [0.25, 0.3) is 0 Å². The number of unbranched alkanes of at least 4 members (excludes halogenated alkanes) is 76. The first kappa shape index (κ1) is 139. The second kappa shape index (κ2) is 136. The topological polar surface area (TPSA) is 105 Å². The first-order chi connectivity index (χ1) is 57.2. The zero-order valence-corrected chi connectivity index (χ0v) is 89.2. The normalized spacial score (nSPS) is 10.9. The molecule has 0 aromatic heterocycles. The molecule has 0 aromatic rings. The summed E-state index contributed by atoms with van der Waals surface area (Å²) in [4.78, 5) is 45.0. The van der Waals surface area contributed by atoms with Crippen molar-refractivity contribution in [2.75, 3.05) is 49.4 Å². The van der Waals surface area contributed by atoms with Crippen molar-refractivity contribution in [1.82, 2.24) is 0 Å². The van der Waals surface area contributed by atoms with Gasteiger partial charge in [-0.05, 0) is 51.4 Å². The minimum absolute atomic E-state index is 0. The molecule has 0 atom stereocenters. The Morgan fingerprint density at radius 3 is 0.364 bits per heavy atom. The molecular weight excluding hydrogens is 1800 g/mol. The van der Waals surface area contributed by atoms with E-state index in [1.54, 1.807) is 24.3 Å². The van der Waals surface area contributed by atoms with Gasteiger partial charge in [0.2, 0.25) is 0 Å². The molecule has 0 amide bonds. The summed E-state index contributed by atoms with van der Waals surface area (Å²) >= 11 is 19.0. The summed E-state index contributed by atoms with van der Waals surface area (Å²) in [6.07, 6.45) is 124. The summed E-state index contributed by atoms with van der Waals surface area (Å²) in [6, 6.07) is 0. The minimum atomic E-state index is -0.257. The Morgan fingerprint density at radius 2 is 0.273 bits per heavy atom. The van der Waals surface area contributed by atoms with Crippen LogP contribution < -0.4 is 0 Å². The van der Waals surface area contributed by atoms with E-state index >= 15 is 0 Å². The zero-order chi connectivity index (χ0) is 85.0. The number of hydrogen-bond donors (Lipinski definition) is 0. The third kappa shape index (κ3) is 143. The Labute approximate surface area is 820 Å². The van der Waals surface area contributed by atoms with Crippen LogP contribution in [0.5, 0.6) is 0 Å². The van der Waals surface area contributed by atoms with Gasteiger partial charge in [0.05, 0.1) is 26.4 Å². The van der Waals surface area contributed by atoms with E-state index in [2.05, 4.69) is 27.7 Å². The summed E-state index contributed by atoms with van der Waals surface area (Å²) < 4.78 is 19.6. The van der Waals surface area contributed by atoms with Crippen molar-refractivity contribution >= 4 is 136 Å². The molecule has 0 unspecified atom stereocenters. The number of rotatable bonds is 92. The van der Waals surface area contributed by atoms with Gasteiger partial charge in [-0.15, -0.1) is 23.0 Å². The van der Waals surface area contributed by atoms with Crippen molar-refractivity contribution in [2.45, 2.75) is 556 Å². The number of ether oxygens (including phenoxy) is 4. The van der Waals surface area contributed by atoms with Gasteiger partial charge in [-0.25, -0.2) is 19.2 Å². The first-order valence-corrected chi connectivity index (χ1v) is 53.2. The second-order valence-electron chi connectivity index (χ2n) is 33.7. The van der Waals surface area contributed by atoms with Gasteiger partial charge in [0.25, 0.3) is 0 Å². The molecule has 0 spiro atoms. The van der Waals surface area contributed by atoms with Crippen LogP contribution in [0, 0.1) is 0 Å². The molecule has 0 aliphatic carbocycles. The molecule has 4 radical (unpaired) electrons. The monoisotopic (exact) mass is 2010 g/mol. The number of carbonyl (C=O) groups is 4. The molecule has 0 aliphatic rings. The Kier molecular flexibility index (Phi) is 156. The average Bonchev–Trinajstić information content (AvgIpc) is 1.07. The summed E-state index contributed by atoms with van der Waals surface area (Å²) in [5.41, 5.74) is 0. The van der Waals surface area contributed by atoms with Crippen LogP contribution in [0.15, 0.2) is 48.6 Å². The molecule has 0 saturated carbocycles. The largest absolute Gasteiger partial charge is 2.00 e.